The van der Waals surface area contributed by atoms with E-state index in [1.54, 1.807) is 13.0 Å². The third kappa shape index (κ3) is 2.97. The molecule has 0 unspecified atom stereocenters. The average Bonchev–Trinajstić information content (AvgIpc) is 3.16. The Bertz CT molecular complexity index is 800. The molecule has 0 spiro atoms. The zero-order valence-electron chi connectivity index (χ0n) is 13.9. The molecule has 126 valence electrons. The van der Waals surface area contributed by atoms with Crippen LogP contribution in [0.25, 0.3) is 0 Å². The van der Waals surface area contributed by atoms with Crippen LogP contribution in [-0.4, -0.2) is 35.8 Å². The molecule has 1 N–H and O–H groups in total. The Morgan fingerprint density at radius 3 is 2.88 bits per heavy atom. The van der Waals surface area contributed by atoms with Gasteiger partial charge < -0.3 is 19.2 Å². The standard InChI is InChI=1S/C17H19N3O4/c1-10-14-13(5-4-11(15(14)21)9-20(2)3)24-16(10)17(22)18-8-12-6-7-23-19-12/h6-7,9H,4-5,8H2,1-3H3,(H,18,22)/b11-9+. The molecular weight excluding hydrogens is 310 g/mol. The van der Waals surface area contributed by atoms with Crippen LogP contribution in [0.4, 0.5) is 0 Å². The minimum absolute atomic E-state index is 0.0678. The van der Waals surface area contributed by atoms with E-state index in [2.05, 4.69) is 10.5 Å². The van der Waals surface area contributed by atoms with E-state index in [1.807, 2.05) is 25.2 Å². The molecule has 0 saturated carbocycles. The number of allylic oxidation sites excluding steroid dienone is 1. The van der Waals surface area contributed by atoms with Crippen LogP contribution in [0.15, 0.2) is 33.0 Å². The molecule has 1 amide bonds. The second-order valence-electron chi connectivity index (χ2n) is 5.97. The quantitative estimate of drug-likeness (QED) is 0.864. The first-order valence-corrected chi connectivity index (χ1v) is 7.69. The van der Waals surface area contributed by atoms with E-state index in [9.17, 15) is 9.59 Å². The summed E-state index contributed by atoms with van der Waals surface area (Å²) in [6, 6.07) is 1.67. The highest BCUT2D eigenvalue weighted by atomic mass is 16.5. The third-order valence-electron chi connectivity index (χ3n) is 3.90. The molecule has 1 aliphatic rings. The maximum absolute atomic E-state index is 12.6. The predicted octanol–water partition coefficient (Wildman–Crippen LogP) is 2.08. The average molecular weight is 329 g/mol. The number of fused-ring (bicyclic) bond motifs is 1. The van der Waals surface area contributed by atoms with Gasteiger partial charge in [-0.3, -0.25) is 9.59 Å². The molecule has 24 heavy (non-hydrogen) atoms. The number of hydrogen-bond acceptors (Lipinski definition) is 6. The highest BCUT2D eigenvalue weighted by molar-refractivity contribution is 6.12. The van der Waals surface area contributed by atoms with Crippen molar-refractivity contribution < 1.29 is 18.5 Å². The molecule has 2 aromatic heterocycles. The molecule has 7 nitrogen and oxygen atoms in total. The zero-order chi connectivity index (χ0) is 17.3. The van der Waals surface area contributed by atoms with Gasteiger partial charge in [0.2, 0.25) is 0 Å². The number of nitrogens with one attached hydrogen (secondary N) is 1. The summed E-state index contributed by atoms with van der Waals surface area (Å²) in [4.78, 5) is 26.8. The fourth-order valence-corrected chi connectivity index (χ4v) is 2.80. The Kier molecular flexibility index (Phi) is 4.24. The lowest BCUT2D eigenvalue weighted by Gasteiger charge is -2.15. The smallest absolute Gasteiger partial charge is 0.287 e. The van der Waals surface area contributed by atoms with Gasteiger partial charge in [-0.05, 0) is 13.3 Å². The molecule has 7 heteroatoms. The molecular formula is C17H19N3O4. The van der Waals surface area contributed by atoms with Crippen molar-refractivity contribution in [3.63, 3.8) is 0 Å². The Hall–Kier alpha value is -2.83. The van der Waals surface area contributed by atoms with Gasteiger partial charge in [0.05, 0.1) is 12.1 Å². The van der Waals surface area contributed by atoms with E-state index in [0.29, 0.717) is 35.4 Å². The van der Waals surface area contributed by atoms with Crippen LogP contribution in [0.3, 0.4) is 0 Å². The summed E-state index contributed by atoms with van der Waals surface area (Å²) in [5.41, 5.74) is 2.44. The Morgan fingerprint density at radius 2 is 2.21 bits per heavy atom. The van der Waals surface area contributed by atoms with E-state index in [4.69, 9.17) is 8.94 Å². The number of carbonyl (C=O) groups excluding carboxylic acids is 2. The highest BCUT2D eigenvalue weighted by Gasteiger charge is 2.31. The van der Waals surface area contributed by atoms with Crippen LogP contribution in [0.2, 0.25) is 0 Å². The number of aromatic nitrogens is 1. The van der Waals surface area contributed by atoms with Crippen LogP contribution < -0.4 is 5.32 Å². The number of aryl methyl sites for hydroxylation is 1. The Morgan fingerprint density at radius 1 is 1.42 bits per heavy atom. The first kappa shape index (κ1) is 16.0. The molecule has 1 aliphatic carbocycles. The van der Waals surface area contributed by atoms with Crippen LogP contribution in [0, 0.1) is 6.92 Å². The zero-order valence-corrected chi connectivity index (χ0v) is 13.9. The van der Waals surface area contributed by atoms with Gasteiger partial charge >= 0.3 is 0 Å². The largest absolute Gasteiger partial charge is 0.455 e. The molecule has 0 aliphatic heterocycles. The lowest BCUT2D eigenvalue weighted by Crippen LogP contribution is -2.23. The van der Waals surface area contributed by atoms with Crippen molar-refractivity contribution in [3.05, 3.63) is 52.4 Å². The van der Waals surface area contributed by atoms with Gasteiger partial charge in [0.15, 0.2) is 11.5 Å². The van der Waals surface area contributed by atoms with Gasteiger partial charge in [0, 0.05) is 43.9 Å². The Labute approximate surface area is 139 Å². The summed E-state index contributed by atoms with van der Waals surface area (Å²) >= 11 is 0. The van der Waals surface area contributed by atoms with Gasteiger partial charge in [0.1, 0.15) is 17.7 Å². The second-order valence-corrected chi connectivity index (χ2v) is 5.97. The molecule has 0 fully saturated rings. The number of furan rings is 1. The molecule has 0 atom stereocenters. The molecule has 0 saturated heterocycles. The monoisotopic (exact) mass is 329 g/mol. The van der Waals surface area contributed by atoms with Crippen LogP contribution >= 0.6 is 0 Å². The summed E-state index contributed by atoms with van der Waals surface area (Å²) in [7, 11) is 3.75. The van der Waals surface area contributed by atoms with E-state index >= 15 is 0 Å². The first-order valence-electron chi connectivity index (χ1n) is 7.69. The Balaban J connectivity index is 1.83. The summed E-state index contributed by atoms with van der Waals surface area (Å²) in [5.74, 6) is 0.334. The van der Waals surface area contributed by atoms with Gasteiger partial charge in [-0.25, -0.2) is 0 Å². The second kappa shape index (κ2) is 6.35. The third-order valence-corrected chi connectivity index (χ3v) is 3.90. The number of rotatable bonds is 4. The minimum atomic E-state index is -0.365. The van der Waals surface area contributed by atoms with Crippen molar-refractivity contribution in [1.82, 2.24) is 15.4 Å². The lowest BCUT2D eigenvalue weighted by atomic mass is 9.90. The van der Waals surface area contributed by atoms with Crippen molar-refractivity contribution in [3.8, 4) is 0 Å². The normalized spacial score (nSPS) is 15.5. The predicted molar refractivity (Wildman–Crippen MR) is 85.5 cm³/mol. The van der Waals surface area contributed by atoms with E-state index in [1.165, 1.54) is 6.26 Å². The van der Waals surface area contributed by atoms with E-state index in [0.717, 1.165) is 5.57 Å². The molecule has 2 heterocycles. The maximum Gasteiger partial charge on any atom is 0.287 e. The van der Waals surface area contributed by atoms with E-state index < -0.39 is 0 Å². The molecule has 0 aromatic carbocycles. The number of carbonyl (C=O) groups is 2. The lowest BCUT2D eigenvalue weighted by molar-refractivity contribution is 0.0918. The van der Waals surface area contributed by atoms with Gasteiger partial charge in [0.25, 0.3) is 5.91 Å². The van der Waals surface area contributed by atoms with Crippen molar-refractivity contribution >= 4 is 11.7 Å². The number of ketones is 1. The van der Waals surface area contributed by atoms with E-state index in [-0.39, 0.29) is 24.0 Å². The number of amides is 1. The van der Waals surface area contributed by atoms with Crippen molar-refractivity contribution in [1.29, 1.82) is 0 Å². The fraction of sp³-hybridized carbons (Fsp3) is 0.353. The van der Waals surface area contributed by atoms with Crippen LogP contribution in [-0.2, 0) is 13.0 Å². The summed E-state index contributed by atoms with van der Waals surface area (Å²) in [6.07, 6.45) is 4.48. The fourth-order valence-electron chi connectivity index (χ4n) is 2.80. The summed E-state index contributed by atoms with van der Waals surface area (Å²) in [5, 5.41) is 6.45. The molecule has 0 bridgehead atoms. The maximum atomic E-state index is 12.6. The SMILES string of the molecule is Cc1c(C(=O)NCc2ccon2)oc2c1C(=O)/C(=C/N(C)C)CC2. The van der Waals surface area contributed by atoms with Crippen LogP contribution in [0.5, 0.6) is 0 Å². The minimum Gasteiger partial charge on any atom is -0.455 e. The molecule has 2 aromatic rings. The number of Topliss-reactive ketones (excluding diaryl/α,β-unsaturated/α-hetero) is 1. The number of hydrogen-bond donors (Lipinski definition) is 1. The molecule has 3 rings (SSSR count). The van der Waals surface area contributed by atoms with Crippen molar-refractivity contribution in [2.45, 2.75) is 26.3 Å². The van der Waals surface area contributed by atoms with Crippen LogP contribution in [0.1, 0.15) is 44.4 Å². The summed E-state index contributed by atoms with van der Waals surface area (Å²) < 4.78 is 10.4. The van der Waals surface area contributed by atoms with Gasteiger partial charge in [-0.2, -0.15) is 0 Å². The first-order chi connectivity index (χ1) is 11.5. The van der Waals surface area contributed by atoms with Crippen molar-refractivity contribution in [2.75, 3.05) is 14.1 Å². The molecule has 0 radical (unpaired) electrons. The van der Waals surface area contributed by atoms with Gasteiger partial charge in [-0.15, -0.1) is 0 Å². The van der Waals surface area contributed by atoms with Crippen molar-refractivity contribution in [2.24, 2.45) is 0 Å². The van der Waals surface area contributed by atoms with Gasteiger partial charge in [-0.1, -0.05) is 5.16 Å². The number of nitrogens with zero attached hydrogens (tertiary/aromatic N) is 2. The topological polar surface area (TPSA) is 88.6 Å². The highest BCUT2D eigenvalue weighted by Crippen LogP contribution is 2.32. The summed E-state index contributed by atoms with van der Waals surface area (Å²) in [6.45, 7) is 1.98.